The average molecular weight is 281 g/mol. The van der Waals surface area contributed by atoms with E-state index < -0.39 is 0 Å². The van der Waals surface area contributed by atoms with Crippen LogP contribution in [0.15, 0.2) is 47.6 Å². The fourth-order valence-corrected chi connectivity index (χ4v) is 2.75. The smallest absolute Gasteiger partial charge is 0.166 e. The molecule has 0 unspecified atom stereocenters. The zero-order valence-corrected chi connectivity index (χ0v) is 11.3. The van der Waals surface area contributed by atoms with Crippen LogP contribution in [0.25, 0.3) is 11.0 Å². The van der Waals surface area contributed by atoms with Gasteiger partial charge in [0.15, 0.2) is 5.16 Å². The fourth-order valence-electron chi connectivity index (χ4n) is 1.92. The molecular weight excluding hydrogens is 270 g/mol. The molecule has 3 rings (SSSR count). The number of imidazole rings is 1. The highest BCUT2D eigenvalue weighted by Gasteiger charge is 2.05. The molecule has 0 spiro atoms. The molecule has 0 bridgehead atoms. The second kappa shape index (κ2) is 5.27. The van der Waals surface area contributed by atoms with Gasteiger partial charge in [0.05, 0.1) is 22.7 Å². The van der Waals surface area contributed by atoms with Crippen LogP contribution in [0.2, 0.25) is 0 Å². The van der Waals surface area contributed by atoms with Crippen molar-refractivity contribution in [1.29, 1.82) is 5.26 Å². The van der Waals surface area contributed by atoms with Crippen molar-refractivity contribution >= 4 is 22.8 Å². The zero-order valence-electron chi connectivity index (χ0n) is 10.5. The van der Waals surface area contributed by atoms with Gasteiger partial charge >= 0.3 is 0 Å². The van der Waals surface area contributed by atoms with Crippen molar-refractivity contribution in [3.05, 3.63) is 53.6 Å². The van der Waals surface area contributed by atoms with Gasteiger partial charge in [-0.3, -0.25) is 0 Å². The highest BCUT2D eigenvalue weighted by atomic mass is 32.2. The number of hydrogen-bond acceptors (Lipinski definition) is 4. The molecular formula is C15H11N3OS. The molecule has 1 heterocycles. The van der Waals surface area contributed by atoms with Crippen LogP contribution in [0.4, 0.5) is 0 Å². The Morgan fingerprint density at radius 1 is 1.25 bits per heavy atom. The molecule has 0 saturated carbocycles. The Kier molecular flexibility index (Phi) is 3.32. The van der Waals surface area contributed by atoms with E-state index in [1.165, 1.54) is 0 Å². The van der Waals surface area contributed by atoms with E-state index in [-0.39, 0.29) is 5.75 Å². The van der Waals surface area contributed by atoms with Crippen molar-refractivity contribution in [1.82, 2.24) is 9.97 Å². The minimum absolute atomic E-state index is 0.222. The summed E-state index contributed by atoms with van der Waals surface area (Å²) in [6.45, 7) is 0. The molecule has 1 aromatic heterocycles. The summed E-state index contributed by atoms with van der Waals surface area (Å²) >= 11 is 1.57. The van der Waals surface area contributed by atoms with E-state index in [0.29, 0.717) is 5.56 Å². The summed E-state index contributed by atoms with van der Waals surface area (Å²) < 4.78 is 0. The molecule has 3 aromatic rings. The normalized spacial score (nSPS) is 10.6. The molecule has 0 aliphatic rings. The number of nitrogens with zero attached hydrogens (tertiary/aromatic N) is 2. The first-order valence-electron chi connectivity index (χ1n) is 6.05. The number of aromatic amines is 1. The highest BCUT2D eigenvalue weighted by Crippen LogP contribution is 2.25. The SMILES string of the molecule is N#Cc1cccc(CSc2nc3ccc(O)cc3[nH]2)c1. The number of hydrogen-bond donors (Lipinski definition) is 2. The number of fused-ring (bicyclic) bond motifs is 1. The number of phenols is 1. The van der Waals surface area contributed by atoms with Crippen LogP contribution in [0.3, 0.4) is 0 Å². The van der Waals surface area contributed by atoms with Gasteiger partial charge in [0.1, 0.15) is 5.75 Å². The number of nitriles is 1. The molecule has 4 nitrogen and oxygen atoms in total. The Bertz CT molecular complexity index is 804. The molecule has 2 aromatic carbocycles. The molecule has 20 heavy (non-hydrogen) atoms. The van der Waals surface area contributed by atoms with Gasteiger partial charge in [0, 0.05) is 11.8 Å². The van der Waals surface area contributed by atoms with Crippen molar-refractivity contribution in [2.45, 2.75) is 10.9 Å². The number of benzene rings is 2. The number of nitrogens with one attached hydrogen (secondary N) is 1. The topological polar surface area (TPSA) is 72.7 Å². The number of aromatic hydroxyl groups is 1. The number of H-pyrrole nitrogens is 1. The highest BCUT2D eigenvalue weighted by molar-refractivity contribution is 7.98. The predicted octanol–water partition coefficient (Wildman–Crippen LogP) is 3.43. The maximum Gasteiger partial charge on any atom is 0.166 e. The molecule has 0 saturated heterocycles. The van der Waals surface area contributed by atoms with Crippen LogP contribution >= 0.6 is 11.8 Å². The second-order valence-electron chi connectivity index (χ2n) is 4.34. The van der Waals surface area contributed by atoms with E-state index in [1.807, 2.05) is 18.2 Å². The lowest BCUT2D eigenvalue weighted by molar-refractivity contribution is 0.476. The standard InChI is InChI=1S/C15H11N3OS/c16-8-10-2-1-3-11(6-10)9-20-15-17-13-5-4-12(19)7-14(13)18-15/h1-7,19H,9H2,(H,17,18). The molecule has 98 valence electrons. The monoisotopic (exact) mass is 281 g/mol. The summed E-state index contributed by atoms with van der Waals surface area (Å²) in [5.41, 5.74) is 3.39. The van der Waals surface area contributed by atoms with Crippen LogP contribution in [-0.2, 0) is 5.75 Å². The lowest BCUT2D eigenvalue weighted by Gasteiger charge is -1.99. The predicted molar refractivity (Wildman–Crippen MR) is 78.5 cm³/mol. The zero-order chi connectivity index (χ0) is 13.9. The lowest BCUT2D eigenvalue weighted by atomic mass is 10.2. The van der Waals surface area contributed by atoms with Crippen molar-refractivity contribution in [3.63, 3.8) is 0 Å². The van der Waals surface area contributed by atoms with Gasteiger partial charge in [-0.15, -0.1) is 0 Å². The van der Waals surface area contributed by atoms with Gasteiger partial charge in [-0.2, -0.15) is 5.26 Å². The lowest BCUT2D eigenvalue weighted by Crippen LogP contribution is -1.83. The molecule has 5 heteroatoms. The third-order valence-corrected chi connectivity index (χ3v) is 3.82. The van der Waals surface area contributed by atoms with Crippen LogP contribution in [0.1, 0.15) is 11.1 Å². The Balaban J connectivity index is 1.78. The number of phenolic OH excluding ortho intramolecular Hbond substituents is 1. The Hall–Kier alpha value is -2.45. The number of aromatic nitrogens is 2. The maximum absolute atomic E-state index is 9.42. The van der Waals surface area contributed by atoms with Gasteiger partial charge in [0.25, 0.3) is 0 Å². The molecule has 0 radical (unpaired) electrons. The van der Waals surface area contributed by atoms with Crippen molar-refractivity contribution < 1.29 is 5.11 Å². The number of thioether (sulfide) groups is 1. The quantitative estimate of drug-likeness (QED) is 0.721. The summed E-state index contributed by atoms with van der Waals surface area (Å²) in [5, 5.41) is 19.1. The van der Waals surface area contributed by atoms with E-state index >= 15 is 0 Å². The third-order valence-electron chi connectivity index (χ3n) is 2.88. The van der Waals surface area contributed by atoms with Gasteiger partial charge in [-0.1, -0.05) is 23.9 Å². The van der Waals surface area contributed by atoms with Gasteiger partial charge in [-0.25, -0.2) is 4.98 Å². The average Bonchev–Trinajstić information content (AvgIpc) is 2.87. The van der Waals surface area contributed by atoms with E-state index in [2.05, 4.69) is 16.0 Å². The second-order valence-corrected chi connectivity index (χ2v) is 5.31. The van der Waals surface area contributed by atoms with Crippen molar-refractivity contribution in [2.24, 2.45) is 0 Å². The van der Waals surface area contributed by atoms with Crippen molar-refractivity contribution in [2.75, 3.05) is 0 Å². The maximum atomic E-state index is 9.42. The summed E-state index contributed by atoms with van der Waals surface area (Å²) in [5.74, 6) is 0.959. The number of rotatable bonds is 3. The summed E-state index contributed by atoms with van der Waals surface area (Å²) in [7, 11) is 0. The first-order valence-corrected chi connectivity index (χ1v) is 7.04. The van der Waals surface area contributed by atoms with E-state index in [9.17, 15) is 5.11 Å². The Labute approximate surface area is 120 Å². The first kappa shape index (κ1) is 12.6. The summed E-state index contributed by atoms with van der Waals surface area (Å²) in [6.07, 6.45) is 0. The first-order chi connectivity index (χ1) is 9.74. The van der Waals surface area contributed by atoms with E-state index in [0.717, 1.165) is 27.5 Å². The van der Waals surface area contributed by atoms with E-state index in [1.54, 1.807) is 36.0 Å². The minimum Gasteiger partial charge on any atom is -0.508 e. The van der Waals surface area contributed by atoms with Gasteiger partial charge < -0.3 is 10.1 Å². The molecule has 0 aliphatic carbocycles. The largest absolute Gasteiger partial charge is 0.508 e. The third kappa shape index (κ3) is 2.60. The fraction of sp³-hybridized carbons (Fsp3) is 0.0667. The van der Waals surface area contributed by atoms with Gasteiger partial charge in [-0.05, 0) is 29.8 Å². The molecule has 2 N–H and O–H groups in total. The molecule has 0 atom stereocenters. The summed E-state index contributed by atoms with van der Waals surface area (Å²) in [6, 6.07) is 14.7. The molecule has 0 fully saturated rings. The summed E-state index contributed by atoms with van der Waals surface area (Å²) in [4.78, 5) is 7.60. The van der Waals surface area contributed by atoms with Crippen molar-refractivity contribution in [3.8, 4) is 11.8 Å². The Morgan fingerprint density at radius 3 is 3.00 bits per heavy atom. The van der Waals surface area contributed by atoms with Crippen LogP contribution in [-0.4, -0.2) is 15.1 Å². The molecule has 0 aliphatic heterocycles. The van der Waals surface area contributed by atoms with E-state index in [4.69, 9.17) is 5.26 Å². The van der Waals surface area contributed by atoms with Crippen LogP contribution < -0.4 is 0 Å². The van der Waals surface area contributed by atoms with Crippen LogP contribution in [0.5, 0.6) is 5.75 Å². The van der Waals surface area contributed by atoms with Gasteiger partial charge in [0.2, 0.25) is 0 Å². The Morgan fingerprint density at radius 2 is 2.15 bits per heavy atom. The van der Waals surface area contributed by atoms with Crippen LogP contribution in [0, 0.1) is 11.3 Å². The molecule has 0 amide bonds. The minimum atomic E-state index is 0.222.